The van der Waals surface area contributed by atoms with Gasteiger partial charge in [0.05, 0.1) is 18.3 Å². The van der Waals surface area contributed by atoms with Crippen molar-refractivity contribution in [3.05, 3.63) is 29.6 Å². The van der Waals surface area contributed by atoms with Crippen molar-refractivity contribution in [2.24, 2.45) is 0 Å². The van der Waals surface area contributed by atoms with Crippen molar-refractivity contribution in [3.63, 3.8) is 0 Å². The number of hydrogen-bond acceptors (Lipinski definition) is 4. The first kappa shape index (κ1) is 14.6. The Morgan fingerprint density at radius 1 is 1.50 bits per heavy atom. The molecule has 0 radical (unpaired) electrons. The topological polar surface area (TPSA) is 74.1 Å². The molecule has 0 aromatic carbocycles. The molecule has 6 heteroatoms. The van der Waals surface area contributed by atoms with E-state index in [0.29, 0.717) is 12.2 Å². The summed E-state index contributed by atoms with van der Waals surface area (Å²) in [7, 11) is -3.58. The smallest absolute Gasteiger partial charge is 0.230 e. The number of aryl methyl sites for hydroxylation is 1. The Morgan fingerprint density at radius 2 is 2.17 bits per heavy atom. The zero-order chi connectivity index (χ0) is 13.8. The average molecular weight is 267 g/mol. The monoisotopic (exact) mass is 267 g/mol. The van der Waals surface area contributed by atoms with Crippen LogP contribution in [0.1, 0.15) is 25.2 Å². The second-order valence-corrected chi connectivity index (χ2v) is 6.27. The maximum atomic E-state index is 12.1. The molecular formula is C12H17N3O2S. The molecule has 1 atom stereocenters. The maximum absolute atomic E-state index is 12.1. The lowest BCUT2D eigenvalue weighted by atomic mass is 10.3. The van der Waals surface area contributed by atoms with Crippen molar-refractivity contribution < 1.29 is 8.42 Å². The maximum Gasteiger partial charge on any atom is 0.230 e. The first-order chi connectivity index (χ1) is 8.41. The summed E-state index contributed by atoms with van der Waals surface area (Å²) in [5, 5.41) is 7.71. The minimum absolute atomic E-state index is 0.201. The molecule has 0 N–H and O–H groups in total. The van der Waals surface area contributed by atoms with Gasteiger partial charge in [-0.25, -0.2) is 8.42 Å². The molecule has 5 nitrogen and oxygen atoms in total. The number of hydrogen-bond donors (Lipinski definition) is 0. The van der Waals surface area contributed by atoms with Crippen molar-refractivity contribution in [2.75, 3.05) is 6.54 Å². The van der Waals surface area contributed by atoms with Gasteiger partial charge >= 0.3 is 0 Å². The fourth-order valence-corrected chi connectivity index (χ4v) is 2.79. The van der Waals surface area contributed by atoms with Crippen LogP contribution in [0.4, 0.5) is 0 Å². The quantitative estimate of drug-likeness (QED) is 0.809. The van der Waals surface area contributed by atoms with Crippen LogP contribution < -0.4 is 0 Å². The van der Waals surface area contributed by atoms with Gasteiger partial charge in [-0.3, -0.25) is 4.98 Å². The predicted molar refractivity (Wildman–Crippen MR) is 69.1 cm³/mol. The summed E-state index contributed by atoms with van der Waals surface area (Å²) in [6, 6.07) is 7.24. The highest BCUT2D eigenvalue weighted by molar-refractivity contribution is 7.89. The van der Waals surface area contributed by atoms with E-state index >= 15 is 0 Å². The summed E-state index contributed by atoms with van der Waals surface area (Å²) in [4.78, 5) is 4.27. The largest absolute Gasteiger partial charge is 0.257 e. The number of sulfonamides is 1. The Balaban J connectivity index is 2.97. The van der Waals surface area contributed by atoms with Crippen molar-refractivity contribution in [1.82, 2.24) is 9.29 Å². The Hall–Kier alpha value is -1.45. The number of pyridine rings is 1. The summed E-state index contributed by atoms with van der Waals surface area (Å²) in [5.41, 5.74) is 1.53. The highest BCUT2D eigenvalue weighted by Crippen LogP contribution is 2.12. The number of aromatic nitrogens is 1. The van der Waals surface area contributed by atoms with E-state index in [1.807, 2.05) is 19.1 Å². The van der Waals surface area contributed by atoms with Crippen LogP contribution in [0.15, 0.2) is 18.2 Å². The Labute approximate surface area is 108 Å². The van der Waals surface area contributed by atoms with E-state index in [1.54, 1.807) is 19.1 Å². The van der Waals surface area contributed by atoms with Gasteiger partial charge in [0.1, 0.15) is 0 Å². The van der Waals surface area contributed by atoms with Crippen LogP contribution in [0.3, 0.4) is 0 Å². The second kappa shape index (κ2) is 5.94. The molecule has 0 aliphatic carbocycles. The molecule has 1 heterocycles. The number of nitrogens with zero attached hydrogens (tertiary/aromatic N) is 3. The molecule has 0 bridgehead atoms. The molecule has 0 fully saturated rings. The third-order valence-electron chi connectivity index (χ3n) is 2.63. The molecule has 0 amide bonds. The number of nitriles is 1. The molecule has 0 saturated heterocycles. The van der Waals surface area contributed by atoms with E-state index in [0.717, 1.165) is 5.69 Å². The Bertz CT molecular complexity index is 549. The SMILES string of the molecule is CCN(Cc1cccc(C)n1)S(=O)(=O)C(C)C#N. The van der Waals surface area contributed by atoms with Crippen LogP contribution in [0, 0.1) is 18.3 Å². The fraction of sp³-hybridized carbons (Fsp3) is 0.500. The lowest BCUT2D eigenvalue weighted by Crippen LogP contribution is -2.36. The van der Waals surface area contributed by atoms with Crippen molar-refractivity contribution in [1.29, 1.82) is 5.26 Å². The summed E-state index contributed by atoms with van der Waals surface area (Å²) in [5.74, 6) is 0. The number of rotatable bonds is 5. The molecule has 0 aliphatic heterocycles. The second-order valence-electron chi connectivity index (χ2n) is 4.01. The van der Waals surface area contributed by atoms with E-state index in [2.05, 4.69) is 4.98 Å². The van der Waals surface area contributed by atoms with Crippen LogP contribution in [0.5, 0.6) is 0 Å². The molecule has 98 valence electrons. The van der Waals surface area contributed by atoms with E-state index in [-0.39, 0.29) is 6.54 Å². The third-order valence-corrected chi connectivity index (χ3v) is 4.73. The standard InChI is InChI=1S/C12H17N3O2S/c1-4-15(18(16,17)11(3)8-13)9-12-7-5-6-10(2)14-12/h5-7,11H,4,9H2,1-3H3. The molecule has 1 aromatic rings. The fourth-order valence-electron chi connectivity index (χ4n) is 1.54. The Morgan fingerprint density at radius 3 is 2.67 bits per heavy atom. The van der Waals surface area contributed by atoms with E-state index in [1.165, 1.54) is 11.2 Å². The molecule has 0 saturated carbocycles. The molecule has 1 rings (SSSR count). The predicted octanol–water partition coefficient (Wildman–Crippen LogP) is 1.45. The lowest BCUT2D eigenvalue weighted by molar-refractivity contribution is 0.416. The van der Waals surface area contributed by atoms with Gasteiger partial charge < -0.3 is 0 Å². The van der Waals surface area contributed by atoms with Crippen molar-refractivity contribution >= 4 is 10.0 Å². The molecule has 0 aliphatic rings. The van der Waals surface area contributed by atoms with Crippen LogP contribution in [-0.4, -0.2) is 29.5 Å². The molecular weight excluding hydrogens is 250 g/mol. The van der Waals surface area contributed by atoms with Crippen LogP contribution in [-0.2, 0) is 16.6 Å². The van der Waals surface area contributed by atoms with Crippen molar-refractivity contribution in [2.45, 2.75) is 32.6 Å². The zero-order valence-corrected chi connectivity index (χ0v) is 11.6. The Kier molecular flexibility index (Phi) is 4.82. The van der Waals surface area contributed by atoms with Gasteiger partial charge in [0.15, 0.2) is 5.25 Å². The van der Waals surface area contributed by atoms with Gasteiger partial charge in [-0.2, -0.15) is 9.57 Å². The molecule has 1 unspecified atom stereocenters. The van der Waals surface area contributed by atoms with E-state index in [9.17, 15) is 8.42 Å². The van der Waals surface area contributed by atoms with Gasteiger partial charge in [0.2, 0.25) is 10.0 Å². The molecule has 0 spiro atoms. The van der Waals surface area contributed by atoms with Crippen LogP contribution in [0.25, 0.3) is 0 Å². The first-order valence-corrected chi connectivity index (χ1v) is 7.23. The van der Waals surface area contributed by atoms with Gasteiger partial charge in [-0.1, -0.05) is 13.0 Å². The third kappa shape index (κ3) is 3.28. The summed E-state index contributed by atoms with van der Waals surface area (Å²) < 4.78 is 25.4. The normalized spacial score (nSPS) is 13.3. The summed E-state index contributed by atoms with van der Waals surface area (Å²) >= 11 is 0. The zero-order valence-electron chi connectivity index (χ0n) is 10.8. The van der Waals surface area contributed by atoms with Crippen LogP contribution in [0.2, 0.25) is 0 Å². The van der Waals surface area contributed by atoms with Gasteiger partial charge in [0, 0.05) is 12.2 Å². The van der Waals surface area contributed by atoms with Gasteiger partial charge in [-0.15, -0.1) is 0 Å². The van der Waals surface area contributed by atoms with Crippen LogP contribution >= 0.6 is 0 Å². The van der Waals surface area contributed by atoms with Gasteiger partial charge in [-0.05, 0) is 26.0 Å². The molecule has 1 aromatic heterocycles. The van der Waals surface area contributed by atoms with Crippen molar-refractivity contribution in [3.8, 4) is 6.07 Å². The highest BCUT2D eigenvalue weighted by Gasteiger charge is 2.27. The van der Waals surface area contributed by atoms with Gasteiger partial charge in [0.25, 0.3) is 0 Å². The first-order valence-electron chi connectivity index (χ1n) is 5.73. The average Bonchev–Trinajstić information content (AvgIpc) is 2.34. The summed E-state index contributed by atoms with van der Waals surface area (Å²) in [6.45, 7) is 5.52. The lowest BCUT2D eigenvalue weighted by Gasteiger charge is -2.21. The minimum Gasteiger partial charge on any atom is -0.257 e. The summed E-state index contributed by atoms with van der Waals surface area (Å²) in [6.07, 6.45) is 0. The van der Waals surface area contributed by atoms with E-state index < -0.39 is 15.3 Å². The van der Waals surface area contributed by atoms with E-state index in [4.69, 9.17) is 5.26 Å². The highest BCUT2D eigenvalue weighted by atomic mass is 32.2. The minimum atomic E-state index is -3.58. The molecule has 18 heavy (non-hydrogen) atoms.